The third-order valence-corrected chi connectivity index (χ3v) is 4.15. The van der Waals surface area contributed by atoms with E-state index in [0.717, 1.165) is 11.1 Å². The second kappa shape index (κ2) is 6.95. The zero-order chi connectivity index (χ0) is 14.8. The van der Waals surface area contributed by atoms with Gasteiger partial charge in [0.05, 0.1) is 0 Å². The number of aryl methyl sites for hydroxylation is 1. The van der Waals surface area contributed by atoms with Gasteiger partial charge in [0.15, 0.2) is 0 Å². The van der Waals surface area contributed by atoms with Crippen molar-refractivity contribution in [1.82, 2.24) is 4.90 Å². The van der Waals surface area contributed by atoms with Crippen LogP contribution in [0.1, 0.15) is 27.4 Å². The summed E-state index contributed by atoms with van der Waals surface area (Å²) in [6.45, 7) is 3.31. The van der Waals surface area contributed by atoms with Crippen molar-refractivity contribution in [3.63, 3.8) is 0 Å². The number of hydrogen-bond donors (Lipinski definition) is 1. The zero-order valence-corrected chi connectivity index (χ0v) is 13.4. The van der Waals surface area contributed by atoms with Crippen LogP contribution >= 0.6 is 12.4 Å². The Hall–Kier alpha value is -1.84. The van der Waals surface area contributed by atoms with E-state index in [-0.39, 0.29) is 30.3 Å². The molecule has 2 aromatic carbocycles. The molecular formula is C18H21ClN2O. The van der Waals surface area contributed by atoms with Crippen LogP contribution in [0.2, 0.25) is 0 Å². The van der Waals surface area contributed by atoms with Crippen molar-refractivity contribution >= 4 is 18.3 Å². The number of rotatable bonds is 2. The Kier molecular flexibility index (Phi) is 5.22. The topological polar surface area (TPSA) is 46.3 Å². The quantitative estimate of drug-likeness (QED) is 0.926. The van der Waals surface area contributed by atoms with E-state index < -0.39 is 0 Å². The Balaban J connectivity index is 0.00000176. The minimum absolute atomic E-state index is 0. The molecule has 1 heterocycles. The maximum atomic E-state index is 12.6. The van der Waals surface area contributed by atoms with Gasteiger partial charge in [0.25, 0.3) is 5.91 Å². The molecule has 0 bridgehead atoms. The normalized spacial score (nSPS) is 20.5. The largest absolute Gasteiger partial charge is 0.336 e. The van der Waals surface area contributed by atoms with Crippen molar-refractivity contribution in [1.29, 1.82) is 0 Å². The molecule has 3 nitrogen and oxygen atoms in total. The zero-order valence-electron chi connectivity index (χ0n) is 12.6. The van der Waals surface area contributed by atoms with Crippen LogP contribution in [0, 0.1) is 6.92 Å². The highest BCUT2D eigenvalue weighted by atomic mass is 35.5. The predicted molar refractivity (Wildman–Crippen MR) is 91.5 cm³/mol. The summed E-state index contributed by atoms with van der Waals surface area (Å²) in [7, 11) is 0. The van der Waals surface area contributed by atoms with E-state index in [1.54, 1.807) is 0 Å². The van der Waals surface area contributed by atoms with Crippen molar-refractivity contribution in [2.75, 3.05) is 13.1 Å². The molecule has 1 aliphatic heterocycles. The molecular weight excluding hydrogens is 296 g/mol. The molecule has 4 heteroatoms. The number of halogens is 1. The lowest BCUT2D eigenvalue weighted by atomic mass is 9.95. The van der Waals surface area contributed by atoms with E-state index in [2.05, 4.69) is 12.1 Å². The van der Waals surface area contributed by atoms with Crippen LogP contribution in [-0.2, 0) is 0 Å². The summed E-state index contributed by atoms with van der Waals surface area (Å²) in [4.78, 5) is 14.5. The molecule has 0 aliphatic carbocycles. The lowest BCUT2D eigenvalue weighted by molar-refractivity contribution is 0.0789. The Bertz CT molecular complexity index is 645. The Morgan fingerprint density at radius 3 is 2.50 bits per heavy atom. The van der Waals surface area contributed by atoms with Crippen LogP contribution in [0.3, 0.4) is 0 Å². The highest BCUT2D eigenvalue weighted by Crippen LogP contribution is 2.27. The van der Waals surface area contributed by atoms with E-state index in [4.69, 9.17) is 5.73 Å². The summed E-state index contributed by atoms with van der Waals surface area (Å²) < 4.78 is 0. The molecule has 0 radical (unpaired) electrons. The first-order valence-electron chi connectivity index (χ1n) is 7.31. The predicted octanol–water partition coefficient (Wildman–Crippen LogP) is 2.98. The summed E-state index contributed by atoms with van der Waals surface area (Å²) in [5.41, 5.74) is 9.31. The summed E-state index contributed by atoms with van der Waals surface area (Å²) in [6, 6.07) is 17.9. The maximum Gasteiger partial charge on any atom is 0.253 e. The monoisotopic (exact) mass is 316 g/mol. The van der Waals surface area contributed by atoms with Crippen LogP contribution < -0.4 is 5.73 Å². The van der Waals surface area contributed by atoms with Gasteiger partial charge in [0.2, 0.25) is 0 Å². The van der Waals surface area contributed by atoms with Gasteiger partial charge in [-0.05, 0) is 24.6 Å². The Labute approximate surface area is 137 Å². The van der Waals surface area contributed by atoms with Gasteiger partial charge >= 0.3 is 0 Å². The van der Waals surface area contributed by atoms with Gasteiger partial charge in [-0.15, -0.1) is 12.4 Å². The first-order chi connectivity index (χ1) is 10.1. The Morgan fingerprint density at radius 1 is 1.09 bits per heavy atom. The van der Waals surface area contributed by atoms with Gasteiger partial charge in [-0.25, -0.2) is 0 Å². The molecule has 0 unspecified atom stereocenters. The van der Waals surface area contributed by atoms with E-state index in [1.165, 1.54) is 5.56 Å². The number of carbonyl (C=O) groups excluding carboxylic acids is 1. The molecule has 22 heavy (non-hydrogen) atoms. The number of amides is 1. The molecule has 2 N–H and O–H groups in total. The highest BCUT2D eigenvalue weighted by Gasteiger charge is 2.34. The summed E-state index contributed by atoms with van der Waals surface area (Å²) in [5, 5.41) is 0. The minimum Gasteiger partial charge on any atom is -0.336 e. The van der Waals surface area contributed by atoms with Crippen molar-refractivity contribution < 1.29 is 4.79 Å². The number of hydrogen-bond acceptors (Lipinski definition) is 2. The molecule has 0 spiro atoms. The molecule has 2 aromatic rings. The molecule has 0 aromatic heterocycles. The van der Waals surface area contributed by atoms with E-state index >= 15 is 0 Å². The van der Waals surface area contributed by atoms with Crippen LogP contribution in [0.25, 0.3) is 0 Å². The molecule has 1 saturated heterocycles. The molecule has 1 amide bonds. The van der Waals surface area contributed by atoms with Crippen molar-refractivity contribution in [2.24, 2.45) is 5.73 Å². The summed E-state index contributed by atoms with van der Waals surface area (Å²) >= 11 is 0. The van der Waals surface area contributed by atoms with Crippen LogP contribution in [0.5, 0.6) is 0 Å². The number of likely N-dealkylation sites (tertiary alicyclic amines) is 1. The number of carbonyl (C=O) groups is 1. The fourth-order valence-corrected chi connectivity index (χ4v) is 3.01. The summed E-state index contributed by atoms with van der Waals surface area (Å²) in [5.74, 6) is 0.299. The van der Waals surface area contributed by atoms with Gasteiger partial charge in [-0.2, -0.15) is 0 Å². The molecule has 1 fully saturated rings. The van der Waals surface area contributed by atoms with Gasteiger partial charge < -0.3 is 10.6 Å². The first-order valence-corrected chi connectivity index (χ1v) is 7.31. The van der Waals surface area contributed by atoms with E-state index in [1.807, 2.05) is 54.3 Å². The standard InChI is InChI=1S/C18H20N2O.ClH/c1-13-6-5-9-15(10-13)18(21)20-11-16(17(19)12-20)14-7-3-2-4-8-14;/h2-10,16-17H,11-12,19H2,1H3;1H/t16-,17+;/m0./s1. The lowest BCUT2D eigenvalue weighted by Crippen LogP contribution is -2.32. The SMILES string of the molecule is Cc1cccc(C(=O)N2C[C@@H](N)[C@H](c3ccccc3)C2)c1.Cl. The van der Waals surface area contributed by atoms with E-state index in [0.29, 0.717) is 13.1 Å². The van der Waals surface area contributed by atoms with Gasteiger partial charge in [-0.3, -0.25) is 4.79 Å². The van der Waals surface area contributed by atoms with Crippen LogP contribution in [0.15, 0.2) is 54.6 Å². The highest BCUT2D eigenvalue weighted by molar-refractivity contribution is 5.94. The van der Waals surface area contributed by atoms with Gasteiger partial charge in [0.1, 0.15) is 0 Å². The molecule has 116 valence electrons. The number of nitrogens with zero attached hydrogens (tertiary/aromatic N) is 1. The molecule has 3 rings (SSSR count). The fraction of sp³-hybridized carbons (Fsp3) is 0.278. The molecule has 0 saturated carbocycles. The third-order valence-electron chi connectivity index (χ3n) is 4.15. The Morgan fingerprint density at radius 2 is 1.82 bits per heavy atom. The molecule has 2 atom stereocenters. The first kappa shape index (κ1) is 16.5. The van der Waals surface area contributed by atoms with Gasteiger partial charge in [-0.1, -0.05) is 48.0 Å². The second-order valence-corrected chi connectivity index (χ2v) is 5.76. The minimum atomic E-state index is 0. The lowest BCUT2D eigenvalue weighted by Gasteiger charge is -2.16. The van der Waals surface area contributed by atoms with Crippen LogP contribution in [0.4, 0.5) is 0 Å². The van der Waals surface area contributed by atoms with E-state index in [9.17, 15) is 4.79 Å². The van der Waals surface area contributed by atoms with Crippen molar-refractivity contribution in [3.05, 3.63) is 71.3 Å². The number of benzene rings is 2. The average molecular weight is 317 g/mol. The molecule has 1 aliphatic rings. The maximum absolute atomic E-state index is 12.6. The van der Waals surface area contributed by atoms with Crippen LogP contribution in [-0.4, -0.2) is 29.9 Å². The number of nitrogens with two attached hydrogens (primary N) is 1. The summed E-state index contributed by atoms with van der Waals surface area (Å²) in [6.07, 6.45) is 0. The average Bonchev–Trinajstić information content (AvgIpc) is 2.89. The third kappa shape index (κ3) is 3.32. The van der Waals surface area contributed by atoms with Crippen molar-refractivity contribution in [3.8, 4) is 0 Å². The fourth-order valence-electron chi connectivity index (χ4n) is 3.01. The smallest absolute Gasteiger partial charge is 0.253 e. The second-order valence-electron chi connectivity index (χ2n) is 5.76. The van der Waals surface area contributed by atoms with Gasteiger partial charge in [0, 0.05) is 30.6 Å². The van der Waals surface area contributed by atoms with Crippen molar-refractivity contribution in [2.45, 2.75) is 18.9 Å².